The lowest BCUT2D eigenvalue weighted by molar-refractivity contribution is -0.149. The highest BCUT2D eigenvalue weighted by Gasteiger charge is 2.44. The molecule has 0 spiro atoms. The molecule has 1 aromatic carbocycles. The Kier molecular flexibility index (Phi) is 5.57. The lowest BCUT2D eigenvalue weighted by Crippen LogP contribution is -2.45. The molecule has 0 aliphatic carbocycles. The Labute approximate surface area is 185 Å². The number of primary amides is 1. The number of aryl methyl sites for hydroxylation is 1. The van der Waals surface area contributed by atoms with E-state index in [4.69, 9.17) is 5.73 Å². The first kappa shape index (κ1) is 22.1. The Bertz CT molecular complexity index is 1100. The number of likely N-dealkylation sites (tertiary alicyclic amines) is 1. The molecule has 4 rings (SSSR count). The molecule has 8 nitrogen and oxygen atoms in total. The lowest BCUT2D eigenvalue weighted by atomic mass is 9.88. The fourth-order valence-electron chi connectivity index (χ4n) is 4.08. The van der Waals surface area contributed by atoms with Gasteiger partial charge in [0.25, 0.3) is 5.91 Å². The van der Waals surface area contributed by atoms with Crippen LogP contribution in [0.2, 0.25) is 0 Å². The number of carbonyl (C=O) groups excluding carboxylic acids is 3. The molecule has 4 amide bonds. The predicted molar refractivity (Wildman–Crippen MR) is 111 cm³/mol. The first-order valence-corrected chi connectivity index (χ1v) is 10.7. The van der Waals surface area contributed by atoms with Gasteiger partial charge in [-0.2, -0.15) is 13.2 Å². The number of fused-ring (bicyclic) bond motifs is 1. The number of alkyl halides is 3. The molecule has 1 aromatic heterocycles. The predicted octanol–water partition coefficient (Wildman–Crippen LogP) is 2.99. The summed E-state index contributed by atoms with van der Waals surface area (Å²) in [4.78, 5) is 42.4. The summed E-state index contributed by atoms with van der Waals surface area (Å²) >= 11 is 1.10. The van der Waals surface area contributed by atoms with Gasteiger partial charge < -0.3 is 16.0 Å². The van der Waals surface area contributed by atoms with E-state index in [1.54, 1.807) is 13.0 Å². The van der Waals surface area contributed by atoms with Crippen molar-refractivity contribution in [3.8, 4) is 10.4 Å². The van der Waals surface area contributed by atoms with Crippen molar-refractivity contribution in [3.63, 3.8) is 0 Å². The number of thiazole rings is 1. The molecule has 2 aliphatic rings. The van der Waals surface area contributed by atoms with Gasteiger partial charge in [-0.05, 0) is 43.0 Å². The van der Waals surface area contributed by atoms with Crippen LogP contribution in [-0.4, -0.2) is 53.0 Å². The van der Waals surface area contributed by atoms with Crippen LogP contribution in [0.25, 0.3) is 10.4 Å². The van der Waals surface area contributed by atoms with Gasteiger partial charge >= 0.3 is 12.2 Å². The van der Waals surface area contributed by atoms with E-state index in [0.717, 1.165) is 11.3 Å². The maximum Gasteiger partial charge on any atom is 0.397 e. The molecule has 12 heteroatoms. The number of benzene rings is 1. The molecule has 2 aromatic rings. The molecule has 0 bridgehead atoms. The third-order valence-corrected chi connectivity index (χ3v) is 6.77. The van der Waals surface area contributed by atoms with Gasteiger partial charge in [0.15, 0.2) is 5.13 Å². The summed E-state index contributed by atoms with van der Waals surface area (Å²) in [5, 5.41) is 5.17. The number of anilines is 1. The molecule has 0 radical (unpaired) electrons. The van der Waals surface area contributed by atoms with Crippen molar-refractivity contribution in [1.29, 1.82) is 0 Å². The number of amides is 4. The Morgan fingerprint density at radius 2 is 2.09 bits per heavy atom. The molecular formula is C20H20F3N5O3S. The summed E-state index contributed by atoms with van der Waals surface area (Å²) in [6.07, 6.45) is -3.35. The van der Waals surface area contributed by atoms with Crippen LogP contribution in [0.5, 0.6) is 0 Å². The fraction of sp³-hybridized carbons (Fsp3) is 0.400. The van der Waals surface area contributed by atoms with Crippen molar-refractivity contribution in [3.05, 3.63) is 35.0 Å². The van der Waals surface area contributed by atoms with E-state index in [0.29, 0.717) is 35.5 Å². The minimum Gasteiger partial charge on any atom is -0.368 e. The molecule has 3 heterocycles. The smallest absolute Gasteiger partial charge is 0.368 e. The van der Waals surface area contributed by atoms with Crippen LogP contribution in [-0.2, 0) is 4.79 Å². The second kappa shape index (κ2) is 8.08. The normalized spacial score (nSPS) is 20.6. The van der Waals surface area contributed by atoms with Crippen LogP contribution in [0, 0.1) is 6.92 Å². The SMILES string of the molecule is Cc1nc(NC(=O)N2CCC[C@H]2C(N)=O)sc1-c1ccc2c(c1)C(C(F)(F)F)CNC2=O. The molecule has 170 valence electrons. The van der Waals surface area contributed by atoms with Gasteiger partial charge in [-0.3, -0.25) is 14.9 Å². The number of hydrogen-bond donors (Lipinski definition) is 3. The van der Waals surface area contributed by atoms with E-state index in [9.17, 15) is 27.6 Å². The Hall–Kier alpha value is -3.15. The van der Waals surface area contributed by atoms with E-state index in [1.165, 1.54) is 17.0 Å². The van der Waals surface area contributed by atoms with Crippen molar-refractivity contribution in [2.75, 3.05) is 18.4 Å². The number of urea groups is 1. The molecule has 1 unspecified atom stereocenters. The van der Waals surface area contributed by atoms with Crippen molar-refractivity contribution in [2.24, 2.45) is 5.73 Å². The second-order valence-electron chi connectivity index (χ2n) is 7.72. The number of rotatable bonds is 3. The minimum absolute atomic E-state index is 0.00968. The van der Waals surface area contributed by atoms with E-state index < -0.39 is 42.5 Å². The highest BCUT2D eigenvalue weighted by atomic mass is 32.1. The summed E-state index contributed by atoms with van der Waals surface area (Å²) in [6.45, 7) is 1.55. The number of aromatic nitrogens is 1. The Morgan fingerprint density at radius 3 is 2.78 bits per heavy atom. The van der Waals surface area contributed by atoms with Gasteiger partial charge in [-0.1, -0.05) is 17.4 Å². The standard InChI is InChI=1S/C20H20F3N5O3S/c1-9-15(32-18(26-9)27-19(31)28-6-2-3-14(28)16(24)29)10-4-5-11-12(7-10)13(20(21,22)23)8-25-17(11)30/h4-5,7,13-14H,2-3,6,8H2,1H3,(H2,24,29)(H,25,30)(H,26,27,31)/t13?,14-/m0/s1. The van der Waals surface area contributed by atoms with Crippen LogP contribution >= 0.6 is 11.3 Å². The maximum atomic E-state index is 13.5. The molecular weight excluding hydrogens is 447 g/mol. The third kappa shape index (κ3) is 4.01. The molecule has 1 saturated heterocycles. The zero-order valence-electron chi connectivity index (χ0n) is 17.0. The largest absolute Gasteiger partial charge is 0.397 e. The van der Waals surface area contributed by atoms with Crippen LogP contribution in [0.3, 0.4) is 0 Å². The minimum atomic E-state index is -4.50. The van der Waals surface area contributed by atoms with E-state index in [-0.39, 0.29) is 16.3 Å². The van der Waals surface area contributed by atoms with E-state index >= 15 is 0 Å². The summed E-state index contributed by atoms with van der Waals surface area (Å²) in [5.41, 5.74) is 6.24. The molecule has 0 saturated carbocycles. The van der Waals surface area contributed by atoms with Gasteiger partial charge in [0.05, 0.1) is 16.5 Å². The zero-order valence-corrected chi connectivity index (χ0v) is 17.8. The van der Waals surface area contributed by atoms with Gasteiger partial charge in [0.1, 0.15) is 6.04 Å². The average molecular weight is 467 g/mol. The van der Waals surface area contributed by atoms with Gasteiger partial charge in [0, 0.05) is 18.7 Å². The number of nitrogens with zero attached hydrogens (tertiary/aromatic N) is 2. The zero-order chi connectivity index (χ0) is 23.2. The highest BCUT2D eigenvalue weighted by Crippen LogP contribution is 2.41. The summed E-state index contributed by atoms with van der Waals surface area (Å²) in [7, 11) is 0. The summed E-state index contributed by atoms with van der Waals surface area (Å²) in [5.74, 6) is -2.93. The first-order valence-electron chi connectivity index (χ1n) is 9.90. The number of hydrogen-bond acceptors (Lipinski definition) is 5. The average Bonchev–Trinajstić information content (AvgIpc) is 3.34. The van der Waals surface area contributed by atoms with Crippen LogP contribution in [0.4, 0.5) is 23.1 Å². The van der Waals surface area contributed by atoms with Crippen LogP contribution in [0.15, 0.2) is 18.2 Å². The fourth-order valence-corrected chi connectivity index (χ4v) is 5.03. The molecule has 32 heavy (non-hydrogen) atoms. The molecule has 1 fully saturated rings. The maximum absolute atomic E-state index is 13.5. The van der Waals surface area contributed by atoms with Gasteiger partial charge in [0.2, 0.25) is 5.91 Å². The van der Waals surface area contributed by atoms with Crippen molar-refractivity contribution >= 4 is 34.3 Å². The monoisotopic (exact) mass is 467 g/mol. The Morgan fingerprint density at radius 1 is 1.34 bits per heavy atom. The van der Waals surface area contributed by atoms with E-state index in [1.807, 2.05) is 0 Å². The Balaban J connectivity index is 1.61. The lowest BCUT2D eigenvalue weighted by Gasteiger charge is -2.28. The van der Waals surface area contributed by atoms with E-state index in [2.05, 4.69) is 15.6 Å². The first-order chi connectivity index (χ1) is 15.1. The summed E-state index contributed by atoms with van der Waals surface area (Å²) in [6, 6.07) is 3.11. The van der Waals surface area contributed by atoms with Gasteiger partial charge in [-0.25, -0.2) is 9.78 Å². The van der Waals surface area contributed by atoms with Crippen molar-refractivity contribution < 1.29 is 27.6 Å². The number of carbonyl (C=O) groups is 3. The van der Waals surface area contributed by atoms with Crippen molar-refractivity contribution in [1.82, 2.24) is 15.2 Å². The topological polar surface area (TPSA) is 117 Å². The van der Waals surface area contributed by atoms with Crippen LogP contribution < -0.4 is 16.4 Å². The van der Waals surface area contributed by atoms with Crippen molar-refractivity contribution in [2.45, 2.75) is 37.9 Å². The molecule has 4 N–H and O–H groups in total. The highest BCUT2D eigenvalue weighted by molar-refractivity contribution is 7.19. The number of halogens is 3. The van der Waals surface area contributed by atoms with Crippen LogP contribution in [0.1, 0.15) is 40.4 Å². The quantitative estimate of drug-likeness (QED) is 0.643. The van der Waals surface area contributed by atoms with Gasteiger partial charge in [-0.15, -0.1) is 0 Å². The number of nitrogens with two attached hydrogens (primary N) is 1. The molecule has 2 aliphatic heterocycles. The third-order valence-electron chi connectivity index (χ3n) is 5.65. The molecule has 2 atom stereocenters. The summed E-state index contributed by atoms with van der Waals surface area (Å²) < 4.78 is 40.5. The second-order valence-corrected chi connectivity index (χ2v) is 8.72. The number of nitrogens with one attached hydrogen (secondary N) is 2.